The third kappa shape index (κ3) is 5.70. The van der Waals surface area contributed by atoms with Crippen LogP contribution >= 0.6 is 0 Å². The van der Waals surface area contributed by atoms with Gasteiger partial charge in [0.1, 0.15) is 10.8 Å². The average molecular weight is 584 g/mol. The molecule has 0 radical (unpaired) electrons. The molecule has 42 heavy (non-hydrogen) atoms. The first kappa shape index (κ1) is 27.8. The van der Waals surface area contributed by atoms with Crippen LogP contribution < -0.4 is 15.8 Å². The van der Waals surface area contributed by atoms with E-state index in [1.807, 2.05) is 74.5 Å². The van der Waals surface area contributed by atoms with E-state index in [0.717, 1.165) is 55.0 Å². The van der Waals surface area contributed by atoms with Gasteiger partial charge in [0.25, 0.3) is 5.56 Å². The topological polar surface area (TPSA) is 116 Å². The van der Waals surface area contributed by atoms with Crippen LogP contribution in [-0.2, 0) is 22.1 Å². The van der Waals surface area contributed by atoms with Crippen LogP contribution in [0.25, 0.3) is 16.6 Å². The van der Waals surface area contributed by atoms with Crippen molar-refractivity contribution in [3.8, 4) is 0 Å². The number of amides is 1. The zero-order valence-corrected chi connectivity index (χ0v) is 24.5. The highest BCUT2D eigenvalue weighted by Crippen LogP contribution is 2.25. The number of hydrogen-bond donors (Lipinski definition) is 2. The van der Waals surface area contributed by atoms with Gasteiger partial charge in [0.2, 0.25) is 5.91 Å². The molecular formula is C31H33N7O3S. The highest BCUT2D eigenvalue weighted by Gasteiger charge is 2.22. The maximum Gasteiger partial charge on any atom is 0.281 e. The lowest BCUT2D eigenvalue weighted by atomic mass is 10.2. The molecule has 3 heterocycles. The summed E-state index contributed by atoms with van der Waals surface area (Å²) in [6.07, 6.45) is 0.902. The molecule has 1 fully saturated rings. The number of carbonyl (C=O) groups is 1. The van der Waals surface area contributed by atoms with Crippen LogP contribution in [0.3, 0.4) is 0 Å². The van der Waals surface area contributed by atoms with E-state index >= 15 is 0 Å². The molecule has 1 unspecified atom stereocenters. The van der Waals surface area contributed by atoms with Gasteiger partial charge in [-0.2, -0.15) is 4.98 Å². The van der Waals surface area contributed by atoms with Crippen LogP contribution in [0.4, 0.5) is 5.69 Å². The van der Waals surface area contributed by atoms with Crippen molar-refractivity contribution >= 4 is 38.9 Å². The first-order valence-corrected chi connectivity index (χ1v) is 15.2. The van der Waals surface area contributed by atoms with Crippen molar-refractivity contribution in [1.82, 2.24) is 30.0 Å². The van der Waals surface area contributed by atoms with Crippen LogP contribution in [-0.4, -0.2) is 67.6 Å². The van der Waals surface area contributed by atoms with Crippen molar-refractivity contribution in [3.63, 3.8) is 0 Å². The van der Waals surface area contributed by atoms with Crippen molar-refractivity contribution in [2.75, 3.05) is 37.6 Å². The fourth-order valence-corrected chi connectivity index (χ4v) is 6.65. The number of fused-ring (bicyclic) bond motifs is 3. The van der Waals surface area contributed by atoms with Crippen LogP contribution in [0, 0.1) is 13.8 Å². The Bertz CT molecular complexity index is 1850. The van der Waals surface area contributed by atoms with Gasteiger partial charge < -0.3 is 10.2 Å². The minimum atomic E-state index is -1.61. The standard InChI is InChI=1S/C31H33N7O3S/c1-21-9-12-27(22(2)17-21)42(41)31-29-33-30(40)25-11-10-24(18-26(25)38(29)35-34-31)37-14-6-13-36(15-16-37)20-28(39)32-19-23-7-4-3-5-8-23/h3-5,7-12,17-18,35H,6,13-16,19-20H2,1-2H3,(H,32,39). The molecule has 3 aromatic carbocycles. The Morgan fingerprint density at radius 2 is 1.83 bits per heavy atom. The minimum Gasteiger partial charge on any atom is -0.370 e. The number of aryl methyl sites for hydroxylation is 2. The molecule has 0 bridgehead atoms. The lowest BCUT2D eigenvalue weighted by molar-refractivity contribution is -0.122. The molecule has 216 valence electrons. The normalized spacial score (nSPS) is 15.1. The number of benzene rings is 3. The van der Waals surface area contributed by atoms with E-state index in [9.17, 15) is 13.8 Å². The number of carbonyl (C=O) groups excluding carboxylic acids is 1. The fourth-order valence-electron chi connectivity index (χ4n) is 5.47. The summed E-state index contributed by atoms with van der Waals surface area (Å²) < 4.78 is 15.1. The first-order chi connectivity index (χ1) is 20.4. The molecule has 5 aromatic rings. The first-order valence-electron chi connectivity index (χ1n) is 14.1. The quantitative estimate of drug-likeness (QED) is 0.302. The maximum atomic E-state index is 13.5. The van der Waals surface area contributed by atoms with Gasteiger partial charge in [-0.05, 0) is 55.7 Å². The molecule has 2 aromatic heterocycles. The molecule has 11 heteroatoms. The van der Waals surface area contributed by atoms with Crippen molar-refractivity contribution in [3.05, 3.63) is 93.8 Å². The van der Waals surface area contributed by atoms with Crippen molar-refractivity contribution in [1.29, 1.82) is 0 Å². The summed E-state index contributed by atoms with van der Waals surface area (Å²) in [6.45, 7) is 7.90. The van der Waals surface area contributed by atoms with Gasteiger partial charge in [0.15, 0.2) is 10.7 Å². The second-order valence-electron chi connectivity index (χ2n) is 10.7. The molecule has 0 aliphatic carbocycles. The van der Waals surface area contributed by atoms with Gasteiger partial charge in [-0.1, -0.05) is 48.0 Å². The van der Waals surface area contributed by atoms with Crippen molar-refractivity contribution in [2.45, 2.75) is 36.7 Å². The van der Waals surface area contributed by atoms with Crippen LogP contribution in [0.5, 0.6) is 0 Å². The summed E-state index contributed by atoms with van der Waals surface area (Å²) in [7, 11) is -1.61. The monoisotopic (exact) mass is 583 g/mol. The van der Waals surface area contributed by atoms with E-state index in [2.05, 4.69) is 30.4 Å². The van der Waals surface area contributed by atoms with E-state index in [0.29, 0.717) is 28.9 Å². The number of aromatic amines is 1. The second-order valence-corrected chi connectivity index (χ2v) is 12.1. The molecule has 2 N–H and O–H groups in total. The highest BCUT2D eigenvalue weighted by molar-refractivity contribution is 7.85. The Balaban J connectivity index is 1.20. The van der Waals surface area contributed by atoms with E-state index in [1.165, 1.54) is 0 Å². The van der Waals surface area contributed by atoms with Crippen LogP contribution in [0.2, 0.25) is 0 Å². The van der Waals surface area contributed by atoms with E-state index in [-0.39, 0.29) is 22.1 Å². The Morgan fingerprint density at radius 3 is 2.64 bits per heavy atom. The Morgan fingerprint density at radius 1 is 1.00 bits per heavy atom. The van der Waals surface area contributed by atoms with E-state index in [4.69, 9.17) is 0 Å². The molecule has 1 aliphatic heterocycles. The SMILES string of the molecule is Cc1ccc(S(=O)c2n[nH]n3c2nc(=O)c2ccc(N4CCCN(CC(=O)NCc5ccccc5)CC4)cc23)c(C)c1. The maximum absolute atomic E-state index is 13.5. The Kier molecular flexibility index (Phi) is 7.86. The second kappa shape index (κ2) is 11.9. The molecule has 1 saturated heterocycles. The summed E-state index contributed by atoms with van der Waals surface area (Å²) in [5, 5.41) is 11.0. The predicted octanol–water partition coefficient (Wildman–Crippen LogP) is 3.18. The number of rotatable bonds is 7. The Hall–Kier alpha value is -4.35. The van der Waals surface area contributed by atoms with E-state index < -0.39 is 10.8 Å². The molecule has 0 saturated carbocycles. The minimum absolute atomic E-state index is 0.0144. The lowest BCUT2D eigenvalue weighted by Crippen LogP contribution is -2.39. The number of nitrogens with one attached hydrogen (secondary N) is 2. The molecule has 6 rings (SSSR count). The molecule has 10 nitrogen and oxygen atoms in total. The average Bonchev–Trinajstić information content (AvgIpc) is 3.27. The number of H-pyrrole nitrogens is 1. The van der Waals surface area contributed by atoms with Gasteiger partial charge in [0.05, 0.1) is 17.4 Å². The van der Waals surface area contributed by atoms with Crippen molar-refractivity contribution in [2.24, 2.45) is 0 Å². The van der Waals surface area contributed by atoms with E-state index in [1.54, 1.807) is 10.6 Å². The summed E-state index contributed by atoms with van der Waals surface area (Å²) in [5.74, 6) is 0.0144. The largest absolute Gasteiger partial charge is 0.370 e. The predicted molar refractivity (Wildman–Crippen MR) is 163 cm³/mol. The lowest BCUT2D eigenvalue weighted by Gasteiger charge is -2.24. The summed E-state index contributed by atoms with van der Waals surface area (Å²) >= 11 is 0. The number of aromatic nitrogens is 4. The van der Waals surface area contributed by atoms with Crippen molar-refractivity contribution < 1.29 is 9.00 Å². The summed E-state index contributed by atoms with van der Waals surface area (Å²) in [5.41, 5.74) is 4.50. The number of anilines is 1. The summed E-state index contributed by atoms with van der Waals surface area (Å²) in [6, 6.07) is 21.3. The number of hydrogen-bond acceptors (Lipinski definition) is 7. The zero-order chi connectivity index (χ0) is 29.2. The van der Waals surface area contributed by atoms with Gasteiger partial charge in [-0.25, -0.2) is 13.9 Å². The molecular weight excluding hydrogens is 550 g/mol. The fraction of sp³-hybridized carbons (Fsp3) is 0.290. The molecule has 1 aliphatic rings. The van der Waals surface area contributed by atoms with Gasteiger partial charge >= 0.3 is 0 Å². The van der Waals surface area contributed by atoms with Crippen LogP contribution in [0.1, 0.15) is 23.1 Å². The molecule has 1 amide bonds. The summed E-state index contributed by atoms with van der Waals surface area (Å²) in [4.78, 5) is 34.9. The van der Waals surface area contributed by atoms with Crippen LogP contribution in [0.15, 0.2) is 81.4 Å². The third-order valence-corrected chi connectivity index (χ3v) is 9.16. The zero-order valence-electron chi connectivity index (χ0n) is 23.7. The highest BCUT2D eigenvalue weighted by atomic mass is 32.2. The smallest absolute Gasteiger partial charge is 0.281 e. The van der Waals surface area contributed by atoms with Gasteiger partial charge in [-0.15, -0.1) is 5.10 Å². The Labute approximate surface area is 245 Å². The molecule has 0 spiro atoms. The molecule has 1 atom stereocenters. The van der Waals surface area contributed by atoms with Gasteiger partial charge in [-0.3, -0.25) is 14.5 Å². The number of nitrogens with zero attached hydrogens (tertiary/aromatic N) is 5. The third-order valence-electron chi connectivity index (χ3n) is 7.67. The van der Waals surface area contributed by atoms with Gasteiger partial charge in [0, 0.05) is 43.3 Å².